The lowest BCUT2D eigenvalue weighted by atomic mass is 10.1. The molecule has 0 spiro atoms. The molecule has 0 aliphatic carbocycles. The third kappa shape index (κ3) is 2.89. The lowest BCUT2D eigenvalue weighted by Crippen LogP contribution is -2.35. The van der Waals surface area contributed by atoms with Gasteiger partial charge in [0.25, 0.3) is 0 Å². The molecule has 0 bridgehead atoms. The molecule has 0 saturated carbocycles. The van der Waals surface area contributed by atoms with Gasteiger partial charge in [-0.1, -0.05) is 0 Å². The molecule has 0 radical (unpaired) electrons. The van der Waals surface area contributed by atoms with Crippen molar-refractivity contribution in [2.24, 2.45) is 0 Å². The fourth-order valence-electron chi connectivity index (χ4n) is 2.86. The van der Waals surface area contributed by atoms with Gasteiger partial charge in [-0.2, -0.15) is 0 Å². The molecule has 2 fully saturated rings. The summed E-state index contributed by atoms with van der Waals surface area (Å²) in [5, 5.41) is 6.93. The number of carbonyl (C=O) groups is 1. The zero-order chi connectivity index (χ0) is 13.1. The molecule has 4 heteroatoms. The number of nitrogens with one attached hydrogen (secondary N) is 2. The second kappa shape index (κ2) is 5.61. The Bertz CT molecular complexity index is 437. The van der Waals surface area contributed by atoms with Crippen molar-refractivity contribution in [2.75, 3.05) is 29.9 Å². The average Bonchev–Trinajstić information content (AvgIpc) is 2.87. The maximum Gasteiger partial charge on any atom is 0.227 e. The number of hydrogen-bond donors (Lipinski definition) is 2. The van der Waals surface area contributed by atoms with Crippen LogP contribution in [0.25, 0.3) is 0 Å². The molecule has 3 rings (SSSR count). The first-order chi connectivity index (χ1) is 9.33. The molecule has 1 aromatic rings. The van der Waals surface area contributed by atoms with E-state index in [1.165, 1.54) is 12.8 Å². The lowest BCUT2D eigenvalue weighted by Gasteiger charge is -2.25. The van der Waals surface area contributed by atoms with Crippen molar-refractivity contribution in [1.29, 1.82) is 0 Å². The first kappa shape index (κ1) is 12.5. The Hall–Kier alpha value is -1.55. The zero-order valence-electron chi connectivity index (χ0n) is 11.2. The number of piperidine rings is 1. The third-order valence-corrected chi connectivity index (χ3v) is 3.96. The molecule has 4 nitrogen and oxygen atoms in total. The summed E-state index contributed by atoms with van der Waals surface area (Å²) >= 11 is 0. The van der Waals surface area contributed by atoms with Crippen LogP contribution in [0.15, 0.2) is 24.3 Å². The lowest BCUT2D eigenvalue weighted by molar-refractivity contribution is -0.117. The van der Waals surface area contributed by atoms with Crippen LogP contribution in [0.1, 0.15) is 25.7 Å². The van der Waals surface area contributed by atoms with E-state index in [4.69, 9.17) is 0 Å². The third-order valence-electron chi connectivity index (χ3n) is 3.96. The quantitative estimate of drug-likeness (QED) is 0.872. The fraction of sp³-hybridized carbons (Fsp3) is 0.533. The summed E-state index contributed by atoms with van der Waals surface area (Å²) in [5.74, 6) is 0.249. The molecule has 2 aliphatic rings. The fourth-order valence-corrected chi connectivity index (χ4v) is 2.86. The maximum atomic E-state index is 11.7. The zero-order valence-corrected chi connectivity index (χ0v) is 11.2. The molecule has 2 saturated heterocycles. The monoisotopic (exact) mass is 259 g/mol. The van der Waals surface area contributed by atoms with Crippen LogP contribution in [0.5, 0.6) is 0 Å². The van der Waals surface area contributed by atoms with Crippen LogP contribution in [0.2, 0.25) is 0 Å². The smallest absolute Gasteiger partial charge is 0.227 e. The number of benzene rings is 1. The minimum atomic E-state index is 0.249. The summed E-state index contributed by atoms with van der Waals surface area (Å²) in [6, 6.07) is 8.84. The number of rotatable bonds is 3. The predicted octanol–water partition coefficient (Wildman–Crippen LogP) is 1.98. The highest BCUT2D eigenvalue weighted by Gasteiger charge is 2.21. The Labute approximate surface area is 114 Å². The molecule has 19 heavy (non-hydrogen) atoms. The molecule has 1 aromatic carbocycles. The van der Waals surface area contributed by atoms with Gasteiger partial charge in [0.15, 0.2) is 0 Å². The molecule has 1 amide bonds. The topological polar surface area (TPSA) is 44.4 Å². The van der Waals surface area contributed by atoms with Crippen molar-refractivity contribution in [3.63, 3.8) is 0 Å². The summed E-state index contributed by atoms with van der Waals surface area (Å²) in [7, 11) is 0. The van der Waals surface area contributed by atoms with Gasteiger partial charge < -0.3 is 15.5 Å². The molecule has 2 aliphatic heterocycles. The highest BCUT2D eigenvalue weighted by atomic mass is 16.2. The number of amides is 1. The second-order valence-corrected chi connectivity index (χ2v) is 5.36. The number of hydrogen-bond acceptors (Lipinski definition) is 3. The van der Waals surface area contributed by atoms with E-state index in [0.29, 0.717) is 12.5 Å². The first-order valence-electron chi connectivity index (χ1n) is 7.20. The largest absolute Gasteiger partial charge is 0.382 e. The van der Waals surface area contributed by atoms with Crippen molar-refractivity contribution in [3.8, 4) is 0 Å². The van der Waals surface area contributed by atoms with Crippen LogP contribution in [0.3, 0.4) is 0 Å². The van der Waals surface area contributed by atoms with Crippen molar-refractivity contribution < 1.29 is 4.79 Å². The Morgan fingerprint density at radius 3 is 2.53 bits per heavy atom. The predicted molar refractivity (Wildman–Crippen MR) is 77.5 cm³/mol. The molecule has 2 N–H and O–H groups in total. The van der Waals surface area contributed by atoms with Crippen LogP contribution in [-0.2, 0) is 4.79 Å². The van der Waals surface area contributed by atoms with E-state index < -0.39 is 0 Å². The minimum absolute atomic E-state index is 0.249. The average molecular weight is 259 g/mol. The Kier molecular flexibility index (Phi) is 3.69. The Morgan fingerprint density at radius 1 is 1.16 bits per heavy atom. The van der Waals surface area contributed by atoms with Crippen LogP contribution < -0.4 is 15.5 Å². The van der Waals surface area contributed by atoms with Gasteiger partial charge >= 0.3 is 0 Å². The summed E-state index contributed by atoms with van der Waals surface area (Å²) in [6.07, 6.45) is 4.02. The van der Waals surface area contributed by atoms with Gasteiger partial charge in [0.2, 0.25) is 5.91 Å². The standard InChI is InChI=1S/C15H21N3O/c19-15-2-1-11-18(15)14-5-3-12(4-6-14)17-13-7-9-16-10-8-13/h3-6,13,16-17H,1-2,7-11H2. The number of carbonyl (C=O) groups excluding carboxylic acids is 1. The van der Waals surface area contributed by atoms with E-state index in [0.717, 1.165) is 37.4 Å². The van der Waals surface area contributed by atoms with E-state index in [9.17, 15) is 4.79 Å². The van der Waals surface area contributed by atoms with E-state index in [1.807, 2.05) is 17.0 Å². The molecule has 0 aromatic heterocycles. The first-order valence-corrected chi connectivity index (χ1v) is 7.20. The van der Waals surface area contributed by atoms with Crippen LogP contribution in [-0.4, -0.2) is 31.6 Å². The number of anilines is 2. The van der Waals surface area contributed by atoms with E-state index >= 15 is 0 Å². The SMILES string of the molecule is O=C1CCCN1c1ccc(NC2CCNCC2)cc1. The van der Waals surface area contributed by atoms with Gasteiger partial charge in [-0.15, -0.1) is 0 Å². The summed E-state index contributed by atoms with van der Waals surface area (Å²) < 4.78 is 0. The van der Waals surface area contributed by atoms with Gasteiger partial charge in [-0.25, -0.2) is 0 Å². The highest BCUT2D eigenvalue weighted by molar-refractivity contribution is 5.95. The van der Waals surface area contributed by atoms with Crippen molar-refractivity contribution in [2.45, 2.75) is 31.7 Å². The minimum Gasteiger partial charge on any atom is -0.382 e. The summed E-state index contributed by atoms with van der Waals surface area (Å²) in [5.41, 5.74) is 2.18. The molecule has 102 valence electrons. The molecular formula is C15H21N3O. The van der Waals surface area contributed by atoms with Gasteiger partial charge in [0.05, 0.1) is 0 Å². The maximum absolute atomic E-state index is 11.7. The number of nitrogens with zero attached hydrogens (tertiary/aromatic N) is 1. The molecular weight excluding hydrogens is 238 g/mol. The Balaban J connectivity index is 1.63. The molecule has 0 unspecified atom stereocenters. The van der Waals surface area contributed by atoms with Crippen molar-refractivity contribution in [3.05, 3.63) is 24.3 Å². The molecule has 0 atom stereocenters. The second-order valence-electron chi connectivity index (χ2n) is 5.36. The Morgan fingerprint density at radius 2 is 1.89 bits per heavy atom. The van der Waals surface area contributed by atoms with Gasteiger partial charge in [-0.05, 0) is 56.6 Å². The van der Waals surface area contributed by atoms with Crippen LogP contribution >= 0.6 is 0 Å². The van der Waals surface area contributed by atoms with Gasteiger partial charge in [0.1, 0.15) is 0 Å². The van der Waals surface area contributed by atoms with Crippen LogP contribution in [0, 0.1) is 0 Å². The summed E-state index contributed by atoms with van der Waals surface area (Å²) in [4.78, 5) is 13.6. The van der Waals surface area contributed by atoms with Gasteiger partial charge in [-0.3, -0.25) is 4.79 Å². The van der Waals surface area contributed by atoms with E-state index in [-0.39, 0.29) is 5.91 Å². The van der Waals surface area contributed by atoms with Crippen molar-refractivity contribution in [1.82, 2.24) is 5.32 Å². The molecule has 2 heterocycles. The highest BCUT2D eigenvalue weighted by Crippen LogP contribution is 2.23. The summed E-state index contributed by atoms with van der Waals surface area (Å²) in [6.45, 7) is 3.05. The van der Waals surface area contributed by atoms with E-state index in [2.05, 4.69) is 22.8 Å². The van der Waals surface area contributed by atoms with Gasteiger partial charge in [0, 0.05) is 30.4 Å². The normalized spacial score (nSPS) is 20.8. The van der Waals surface area contributed by atoms with Crippen molar-refractivity contribution >= 4 is 17.3 Å². The van der Waals surface area contributed by atoms with E-state index in [1.54, 1.807) is 0 Å². The van der Waals surface area contributed by atoms with Crippen LogP contribution in [0.4, 0.5) is 11.4 Å².